The molecule has 2 unspecified atom stereocenters. The van der Waals surface area contributed by atoms with Gasteiger partial charge < -0.3 is 19.9 Å². The maximum absolute atomic E-state index is 14.2. The molecule has 12 nitrogen and oxygen atoms in total. The van der Waals surface area contributed by atoms with Gasteiger partial charge in [0.25, 0.3) is 17.4 Å². The van der Waals surface area contributed by atoms with E-state index in [0.717, 1.165) is 11.0 Å². The summed E-state index contributed by atoms with van der Waals surface area (Å²) in [4.78, 5) is 75.7. The van der Waals surface area contributed by atoms with Crippen LogP contribution >= 0.6 is 15.9 Å². The number of amides is 4. The summed E-state index contributed by atoms with van der Waals surface area (Å²) in [5.74, 6) is -1.85. The molecule has 0 bridgehead atoms. The van der Waals surface area contributed by atoms with Gasteiger partial charge in [-0.2, -0.15) is 13.2 Å². The number of nitrogens with zero attached hydrogens (tertiary/aromatic N) is 5. The van der Waals surface area contributed by atoms with Crippen LogP contribution in [0.4, 0.5) is 23.9 Å². The number of aromatic nitrogens is 2. The van der Waals surface area contributed by atoms with Gasteiger partial charge in [0.2, 0.25) is 11.9 Å². The van der Waals surface area contributed by atoms with Crippen LogP contribution in [0.5, 0.6) is 0 Å². The summed E-state index contributed by atoms with van der Waals surface area (Å²) in [7, 11) is 1.41. The Hall–Kier alpha value is -4.99. The first-order valence-electron chi connectivity index (χ1n) is 17.8. The Kier molecular flexibility index (Phi) is 12.0. The number of imide groups is 1. The number of nitrogens with one attached hydrogen (secondary N) is 1. The number of carbonyl (C=O) groups is 4. The largest absolute Gasteiger partial charge is 0.444 e. The lowest BCUT2D eigenvalue weighted by Gasteiger charge is -2.35. The first-order chi connectivity index (χ1) is 25.7. The highest BCUT2D eigenvalue weighted by molar-refractivity contribution is 9.10. The second-order valence-corrected chi connectivity index (χ2v) is 15.7. The summed E-state index contributed by atoms with van der Waals surface area (Å²) in [5, 5.41) is 3.14. The molecular weight excluding hydrogens is 785 g/mol. The molecule has 3 aromatic rings. The summed E-state index contributed by atoms with van der Waals surface area (Å²) >= 11 is 2.91. The van der Waals surface area contributed by atoms with Crippen LogP contribution in [0.1, 0.15) is 85.0 Å². The fourth-order valence-corrected chi connectivity index (χ4v) is 7.00. The molecule has 0 radical (unpaired) electrons. The Morgan fingerprint density at radius 3 is 2.25 bits per heavy atom. The molecule has 0 spiro atoms. The molecule has 5 rings (SSSR count). The Morgan fingerprint density at radius 2 is 1.67 bits per heavy atom. The topological polar surface area (TPSA) is 134 Å². The molecule has 0 saturated carbocycles. The van der Waals surface area contributed by atoms with Crippen LogP contribution < -0.4 is 10.9 Å². The molecule has 2 aromatic carbocycles. The molecule has 2 aliphatic heterocycles. The van der Waals surface area contributed by atoms with Crippen LogP contribution in [-0.4, -0.2) is 85.9 Å². The van der Waals surface area contributed by atoms with Gasteiger partial charge in [0.1, 0.15) is 5.60 Å². The summed E-state index contributed by atoms with van der Waals surface area (Å²) in [5.41, 5.74) is -0.967. The third-order valence-electron chi connectivity index (χ3n) is 9.61. The molecule has 1 N–H and O–H groups in total. The van der Waals surface area contributed by atoms with E-state index in [2.05, 4.69) is 27.8 Å². The van der Waals surface area contributed by atoms with Crippen molar-refractivity contribution in [1.29, 1.82) is 0 Å². The predicted octanol–water partition coefficient (Wildman–Crippen LogP) is 6.83. The first-order valence-corrected chi connectivity index (χ1v) is 18.6. The Morgan fingerprint density at radius 1 is 1.05 bits per heavy atom. The lowest BCUT2D eigenvalue weighted by Crippen LogP contribution is -2.46. The van der Waals surface area contributed by atoms with E-state index in [0.29, 0.717) is 42.9 Å². The number of alkyl halides is 3. The number of hydrogen-bond acceptors (Lipinski definition) is 8. The number of anilines is 1. The van der Waals surface area contributed by atoms with Crippen molar-refractivity contribution in [3.05, 3.63) is 97.9 Å². The second kappa shape index (κ2) is 16.0. The maximum atomic E-state index is 14.2. The van der Waals surface area contributed by atoms with E-state index in [1.165, 1.54) is 40.8 Å². The number of likely N-dealkylation sites (tertiary alicyclic amines) is 1. The minimum Gasteiger partial charge on any atom is -0.444 e. The number of halogens is 4. The Bertz CT molecular complexity index is 2050. The number of ether oxygens (including phenoxy) is 1. The van der Waals surface area contributed by atoms with E-state index in [1.54, 1.807) is 57.7 Å². The van der Waals surface area contributed by atoms with E-state index in [9.17, 15) is 37.1 Å². The zero-order valence-corrected chi connectivity index (χ0v) is 33.1. The standard InChI is InChI=1S/C39H44BrF3N6O6/c1-8-22(2)44-36-45-31-21-48(34(52)26-11-14-30(40)29(20-26)39(41,42)43)23(3)19-28(31)35(53)49(36)27-12-9-24(10-13-27)32(50)46(7)33(51)25-15-17-47(18-16-25)37(54)55-38(4,5)6/h8-14,20,22-23,25H,1,15-19,21H2,2-7H3,(H,44,45). The highest BCUT2D eigenvalue weighted by Crippen LogP contribution is 2.36. The van der Waals surface area contributed by atoms with Crippen molar-refractivity contribution in [3.63, 3.8) is 0 Å². The number of piperidine rings is 1. The zero-order chi connectivity index (χ0) is 40.6. The molecule has 294 valence electrons. The van der Waals surface area contributed by atoms with Crippen molar-refractivity contribution >= 4 is 45.7 Å². The molecule has 1 saturated heterocycles. The van der Waals surface area contributed by atoms with Crippen LogP contribution in [-0.2, 0) is 28.7 Å². The third kappa shape index (κ3) is 9.11. The molecule has 2 aliphatic rings. The van der Waals surface area contributed by atoms with Crippen molar-refractivity contribution in [3.8, 4) is 5.69 Å². The zero-order valence-electron chi connectivity index (χ0n) is 31.5. The van der Waals surface area contributed by atoms with Crippen LogP contribution in [0.25, 0.3) is 5.69 Å². The molecule has 16 heteroatoms. The van der Waals surface area contributed by atoms with Gasteiger partial charge in [-0.25, -0.2) is 14.3 Å². The van der Waals surface area contributed by atoms with Crippen molar-refractivity contribution in [2.75, 3.05) is 25.5 Å². The Balaban J connectivity index is 1.36. The van der Waals surface area contributed by atoms with Gasteiger partial charge in [-0.1, -0.05) is 22.0 Å². The third-order valence-corrected chi connectivity index (χ3v) is 10.3. The van der Waals surface area contributed by atoms with Gasteiger partial charge in [0.05, 0.1) is 23.5 Å². The van der Waals surface area contributed by atoms with Crippen LogP contribution in [0, 0.1) is 5.92 Å². The van der Waals surface area contributed by atoms with Crippen molar-refractivity contribution in [2.24, 2.45) is 5.92 Å². The molecule has 2 atom stereocenters. The lowest BCUT2D eigenvalue weighted by molar-refractivity contribution is -0.138. The molecule has 1 aromatic heterocycles. The molecule has 4 amide bonds. The van der Waals surface area contributed by atoms with E-state index in [1.807, 2.05) is 0 Å². The number of rotatable bonds is 7. The van der Waals surface area contributed by atoms with E-state index < -0.39 is 52.8 Å². The van der Waals surface area contributed by atoms with Crippen LogP contribution in [0.2, 0.25) is 0 Å². The van der Waals surface area contributed by atoms with Crippen LogP contribution in [0.3, 0.4) is 0 Å². The van der Waals surface area contributed by atoms with Gasteiger partial charge in [-0.3, -0.25) is 24.1 Å². The SMILES string of the molecule is C=CC(C)Nc1nc2c(c(=O)n1-c1ccc(C(=O)N(C)C(=O)C3CCN(C(=O)OC(C)(C)C)CC3)cc1)CC(C)N(C(=O)c1ccc(Br)c(C(F)(F)F)c1)C2. The quantitative estimate of drug-likeness (QED) is 0.203. The minimum atomic E-state index is -4.67. The highest BCUT2D eigenvalue weighted by Gasteiger charge is 2.37. The van der Waals surface area contributed by atoms with Crippen molar-refractivity contribution < 1.29 is 37.1 Å². The summed E-state index contributed by atoms with van der Waals surface area (Å²) in [6.07, 6.45) is -2.65. The van der Waals surface area contributed by atoms with Crippen molar-refractivity contribution in [1.82, 2.24) is 24.3 Å². The molecule has 0 aliphatic carbocycles. The first kappa shape index (κ1) is 41.2. The fourth-order valence-electron chi connectivity index (χ4n) is 6.53. The average molecular weight is 830 g/mol. The van der Waals surface area contributed by atoms with Gasteiger partial charge in [0, 0.05) is 59.3 Å². The summed E-state index contributed by atoms with van der Waals surface area (Å²) in [6, 6.07) is 8.55. The number of hydrogen-bond donors (Lipinski definition) is 1. The lowest BCUT2D eigenvalue weighted by atomic mass is 9.95. The maximum Gasteiger partial charge on any atom is 0.417 e. The second-order valence-electron chi connectivity index (χ2n) is 14.8. The summed E-state index contributed by atoms with van der Waals surface area (Å²) < 4.78 is 47.4. The molecule has 55 heavy (non-hydrogen) atoms. The molecule has 3 heterocycles. The van der Waals surface area contributed by atoms with Gasteiger partial charge in [-0.05, 0) is 96.3 Å². The number of fused-ring (bicyclic) bond motifs is 1. The minimum absolute atomic E-state index is 0.0903. The predicted molar refractivity (Wildman–Crippen MR) is 203 cm³/mol. The average Bonchev–Trinajstić information content (AvgIpc) is 3.13. The smallest absolute Gasteiger partial charge is 0.417 e. The van der Waals surface area contributed by atoms with Gasteiger partial charge in [-0.15, -0.1) is 6.58 Å². The van der Waals surface area contributed by atoms with E-state index in [4.69, 9.17) is 9.72 Å². The molecule has 1 fully saturated rings. The van der Waals surface area contributed by atoms with E-state index in [-0.39, 0.29) is 46.5 Å². The van der Waals surface area contributed by atoms with Crippen molar-refractivity contribution in [2.45, 2.75) is 84.3 Å². The van der Waals surface area contributed by atoms with E-state index >= 15 is 0 Å². The number of benzene rings is 2. The van der Waals surface area contributed by atoms with Crippen LogP contribution in [0.15, 0.2) is 64.4 Å². The fraction of sp³-hybridized carbons (Fsp3) is 0.436. The Labute approximate surface area is 325 Å². The van der Waals surface area contributed by atoms with Gasteiger partial charge in [0.15, 0.2) is 0 Å². The number of carbonyl (C=O) groups excluding carboxylic acids is 4. The highest BCUT2D eigenvalue weighted by atomic mass is 79.9. The van der Waals surface area contributed by atoms with Gasteiger partial charge >= 0.3 is 12.3 Å². The monoisotopic (exact) mass is 828 g/mol. The normalized spacial score (nSPS) is 16.9. The summed E-state index contributed by atoms with van der Waals surface area (Å²) in [6.45, 7) is 13.2. The molecular formula is C39H44BrF3N6O6.